The number of benzene rings is 1. The summed E-state index contributed by atoms with van der Waals surface area (Å²) in [6, 6.07) is 11.5. The highest BCUT2D eigenvalue weighted by atomic mass is 15.4. The number of hydrogen-bond acceptors (Lipinski definition) is 3. The minimum absolute atomic E-state index is 0.581. The van der Waals surface area contributed by atoms with Crippen LogP contribution in [0.25, 0.3) is 0 Å². The first-order valence-corrected chi connectivity index (χ1v) is 10.5. The Balaban J connectivity index is 1.23. The molecule has 1 heterocycles. The van der Waals surface area contributed by atoms with Crippen molar-refractivity contribution in [3.8, 4) is 0 Å². The van der Waals surface area contributed by atoms with Gasteiger partial charge in [-0.2, -0.15) is 0 Å². The molecule has 136 valence electrons. The van der Waals surface area contributed by atoms with E-state index in [0.29, 0.717) is 11.5 Å². The van der Waals surface area contributed by atoms with E-state index in [2.05, 4.69) is 36.2 Å². The topological polar surface area (TPSA) is 41.3 Å². The number of nitrogens with two attached hydrogens (primary N) is 1. The van der Waals surface area contributed by atoms with Gasteiger partial charge >= 0.3 is 0 Å². The molecule has 1 aliphatic heterocycles. The van der Waals surface area contributed by atoms with E-state index < -0.39 is 0 Å². The van der Waals surface area contributed by atoms with Crippen LogP contribution in [0.2, 0.25) is 0 Å². The number of hydrogen-bond donors (Lipinski definition) is 2. The lowest BCUT2D eigenvalue weighted by Gasteiger charge is -2.81. The summed E-state index contributed by atoms with van der Waals surface area (Å²) in [6.45, 7) is 4.81. The molecule has 3 heteroatoms. The summed E-state index contributed by atoms with van der Waals surface area (Å²) in [5.41, 5.74) is 8.76. The third-order valence-electron chi connectivity index (χ3n) is 8.32. The molecule has 3 nitrogen and oxygen atoms in total. The van der Waals surface area contributed by atoms with Crippen molar-refractivity contribution in [1.29, 1.82) is 0 Å². The Kier molecular flexibility index (Phi) is 3.61. The van der Waals surface area contributed by atoms with Gasteiger partial charge in [0, 0.05) is 29.6 Å². The number of nitrogen functional groups attached to an aromatic ring is 1. The number of likely N-dealkylation sites (tertiary alicyclic amines) is 1. The van der Waals surface area contributed by atoms with E-state index in [4.69, 9.17) is 5.73 Å². The van der Waals surface area contributed by atoms with Crippen LogP contribution in [0.4, 0.5) is 11.4 Å². The molecule has 3 saturated carbocycles. The first kappa shape index (κ1) is 16.0. The Morgan fingerprint density at radius 3 is 2.44 bits per heavy atom. The van der Waals surface area contributed by atoms with Gasteiger partial charge in [-0.1, -0.05) is 26.0 Å². The van der Waals surface area contributed by atoms with Crippen LogP contribution in [-0.4, -0.2) is 29.1 Å². The Hall–Kier alpha value is -1.22. The third kappa shape index (κ3) is 2.14. The summed E-state index contributed by atoms with van der Waals surface area (Å²) in [4.78, 5) is 2.95. The van der Waals surface area contributed by atoms with Crippen molar-refractivity contribution in [3.63, 3.8) is 0 Å². The molecule has 0 aromatic heterocycles. The minimum Gasteiger partial charge on any atom is -0.397 e. The fourth-order valence-corrected chi connectivity index (χ4v) is 6.68. The molecule has 4 fully saturated rings. The minimum atomic E-state index is 0.581. The van der Waals surface area contributed by atoms with Crippen molar-refractivity contribution in [3.05, 3.63) is 24.3 Å². The van der Waals surface area contributed by atoms with Crippen molar-refractivity contribution in [2.24, 2.45) is 17.3 Å². The molecular formula is C22H33N3. The lowest BCUT2D eigenvalue weighted by atomic mass is 9.39. The summed E-state index contributed by atoms with van der Waals surface area (Å²) in [7, 11) is 0. The van der Waals surface area contributed by atoms with E-state index in [0.717, 1.165) is 41.3 Å². The maximum Gasteiger partial charge on any atom is 0.0576 e. The first-order chi connectivity index (χ1) is 12.1. The molecule has 1 aromatic rings. The van der Waals surface area contributed by atoms with Crippen LogP contribution >= 0.6 is 0 Å². The maximum absolute atomic E-state index is 6.15. The number of nitrogens with zero attached hydrogens (tertiary/aromatic N) is 1. The molecule has 3 aliphatic carbocycles. The highest BCUT2D eigenvalue weighted by Gasteiger charge is 2.75. The fourth-order valence-electron chi connectivity index (χ4n) is 6.68. The molecule has 4 aliphatic rings. The van der Waals surface area contributed by atoms with Crippen LogP contribution in [0.15, 0.2) is 24.3 Å². The lowest BCUT2D eigenvalue weighted by Crippen LogP contribution is -2.89. The van der Waals surface area contributed by atoms with Gasteiger partial charge in [-0.15, -0.1) is 0 Å². The molecule has 0 bridgehead atoms. The van der Waals surface area contributed by atoms with Crippen LogP contribution in [0, 0.1) is 17.3 Å². The summed E-state index contributed by atoms with van der Waals surface area (Å²) >= 11 is 0. The van der Waals surface area contributed by atoms with Gasteiger partial charge in [-0.3, -0.25) is 4.90 Å². The number of anilines is 2. The van der Waals surface area contributed by atoms with Crippen molar-refractivity contribution in [1.82, 2.24) is 4.90 Å². The zero-order valence-corrected chi connectivity index (χ0v) is 15.7. The van der Waals surface area contributed by atoms with E-state index in [1.165, 1.54) is 44.9 Å². The predicted molar refractivity (Wildman–Crippen MR) is 105 cm³/mol. The predicted octanol–water partition coefficient (Wildman–Crippen LogP) is 4.50. The molecule has 1 aromatic carbocycles. The van der Waals surface area contributed by atoms with Crippen molar-refractivity contribution < 1.29 is 0 Å². The quantitative estimate of drug-likeness (QED) is 0.794. The van der Waals surface area contributed by atoms with Crippen molar-refractivity contribution >= 4 is 11.4 Å². The van der Waals surface area contributed by atoms with E-state index in [-0.39, 0.29) is 0 Å². The summed E-state index contributed by atoms with van der Waals surface area (Å²) < 4.78 is 0. The Morgan fingerprint density at radius 2 is 1.84 bits per heavy atom. The van der Waals surface area contributed by atoms with Crippen LogP contribution in [-0.2, 0) is 0 Å². The standard InChI is InChI=1S/C22H33N3/c1-14(2)15-7-9-16(10-8-15)25-20-11-12-22(20)19(13-21(22)25)24-18-6-4-3-5-17(18)23/h3-6,14-16,19-21,24H,7-13,23H2,1-2H3/t15?,16?,19-,20-,21-,22?/m1/s1. The molecule has 25 heavy (non-hydrogen) atoms. The number of nitrogens with one attached hydrogen (secondary N) is 1. The summed E-state index contributed by atoms with van der Waals surface area (Å²) in [6.07, 6.45) is 9.94. The highest BCUT2D eigenvalue weighted by Crippen LogP contribution is 2.69. The van der Waals surface area contributed by atoms with E-state index >= 15 is 0 Å². The van der Waals surface area contributed by atoms with E-state index in [1.54, 1.807) is 0 Å². The zero-order chi connectivity index (χ0) is 17.2. The van der Waals surface area contributed by atoms with Gasteiger partial charge in [0.05, 0.1) is 11.4 Å². The van der Waals surface area contributed by atoms with Gasteiger partial charge < -0.3 is 11.1 Å². The second kappa shape index (κ2) is 5.64. The molecule has 1 saturated heterocycles. The normalized spacial score (nSPS) is 42.6. The fraction of sp³-hybridized carbons (Fsp3) is 0.727. The Labute approximate surface area is 152 Å². The average Bonchev–Trinajstić information content (AvgIpc) is 2.57. The third-order valence-corrected chi connectivity index (χ3v) is 8.32. The molecule has 1 unspecified atom stereocenters. The molecule has 1 spiro atoms. The van der Waals surface area contributed by atoms with Gasteiger partial charge in [0.25, 0.3) is 0 Å². The summed E-state index contributed by atoms with van der Waals surface area (Å²) in [5, 5.41) is 3.79. The van der Waals surface area contributed by atoms with Crippen LogP contribution in [0.1, 0.15) is 58.8 Å². The molecule has 0 radical (unpaired) electrons. The van der Waals surface area contributed by atoms with Gasteiger partial charge in [0.2, 0.25) is 0 Å². The molecular weight excluding hydrogens is 306 g/mol. The Bertz CT molecular complexity index is 640. The number of piperidine rings is 2. The smallest absolute Gasteiger partial charge is 0.0576 e. The Morgan fingerprint density at radius 1 is 1.08 bits per heavy atom. The van der Waals surface area contributed by atoms with Gasteiger partial charge in [-0.05, 0) is 68.9 Å². The number of rotatable bonds is 4. The van der Waals surface area contributed by atoms with E-state index in [1.807, 2.05) is 12.1 Å². The second-order valence-corrected chi connectivity index (χ2v) is 9.46. The maximum atomic E-state index is 6.15. The lowest BCUT2D eigenvalue weighted by molar-refractivity contribution is -0.288. The average molecular weight is 340 g/mol. The zero-order valence-electron chi connectivity index (χ0n) is 15.7. The number of para-hydroxylation sites is 2. The van der Waals surface area contributed by atoms with Crippen molar-refractivity contribution in [2.45, 2.75) is 83.0 Å². The van der Waals surface area contributed by atoms with Gasteiger partial charge in [0.1, 0.15) is 0 Å². The van der Waals surface area contributed by atoms with Crippen LogP contribution < -0.4 is 11.1 Å². The molecule has 4 atom stereocenters. The van der Waals surface area contributed by atoms with Gasteiger partial charge in [-0.25, -0.2) is 0 Å². The highest BCUT2D eigenvalue weighted by molar-refractivity contribution is 5.66. The molecule has 0 amide bonds. The van der Waals surface area contributed by atoms with E-state index in [9.17, 15) is 0 Å². The molecule has 3 N–H and O–H groups in total. The largest absolute Gasteiger partial charge is 0.397 e. The second-order valence-electron chi connectivity index (χ2n) is 9.46. The first-order valence-electron chi connectivity index (χ1n) is 10.5. The van der Waals surface area contributed by atoms with Crippen LogP contribution in [0.3, 0.4) is 0 Å². The van der Waals surface area contributed by atoms with Crippen LogP contribution in [0.5, 0.6) is 0 Å². The van der Waals surface area contributed by atoms with Crippen molar-refractivity contribution in [2.75, 3.05) is 11.1 Å². The SMILES string of the molecule is CC(C)C1CCC(N2[C@@H]3CCC34[C@H](Nc3ccccc3N)C[C@@H]24)CC1. The van der Waals surface area contributed by atoms with Gasteiger partial charge in [0.15, 0.2) is 0 Å². The summed E-state index contributed by atoms with van der Waals surface area (Å²) in [5.74, 6) is 1.84. The molecule has 5 rings (SSSR count). The monoisotopic (exact) mass is 339 g/mol.